The summed E-state index contributed by atoms with van der Waals surface area (Å²) in [5.41, 5.74) is 2.61. The molecule has 6 heteroatoms. The predicted molar refractivity (Wildman–Crippen MR) is 177 cm³/mol. The molecule has 0 fully saturated rings. The number of anilines is 2. The summed E-state index contributed by atoms with van der Waals surface area (Å²) in [6.07, 6.45) is 10.5. The highest BCUT2D eigenvalue weighted by Crippen LogP contribution is 2.32. The fourth-order valence-electron chi connectivity index (χ4n) is 4.88. The zero-order chi connectivity index (χ0) is 31.0. The maximum absolute atomic E-state index is 13.0. The first-order chi connectivity index (χ1) is 20.8. The fraction of sp³-hybridized carbons (Fsp3) is 0.459. The molecule has 2 atom stereocenters. The topological polar surface area (TPSA) is 76.7 Å². The van der Waals surface area contributed by atoms with Gasteiger partial charge in [0.25, 0.3) is 0 Å². The Bertz CT molecular complexity index is 1270. The molecular weight excluding hydrogens is 536 g/mol. The molecule has 0 radical (unpaired) electrons. The minimum Gasteiger partial charge on any atom is -0.457 e. The van der Waals surface area contributed by atoms with Gasteiger partial charge in [0.15, 0.2) is 0 Å². The lowest BCUT2D eigenvalue weighted by molar-refractivity contribution is -0.120. The van der Waals surface area contributed by atoms with E-state index in [1.807, 2.05) is 80.6 Å². The Hall–Kier alpha value is -3.80. The van der Waals surface area contributed by atoms with E-state index >= 15 is 0 Å². The van der Waals surface area contributed by atoms with Gasteiger partial charge in [0, 0.05) is 29.3 Å². The van der Waals surface area contributed by atoms with Crippen molar-refractivity contribution >= 4 is 23.2 Å². The van der Waals surface area contributed by atoms with Gasteiger partial charge in [-0.2, -0.15) is 0 Å². The number of benzene rings is 3. The summed E-state index contributed by atoms with van der Waals surface area (Å²) in [6, 6.07) is 20.8. The molecule has 0 bridgehead atoms. The largest absolute Gasteiger partial charge is 0.457 e. The van der Waals surface area contributed by atoms with Crippen LogP contribution >= 0.6 is 0 Å². The minimum atomic E-state index is -0.0332. The summed E-state index contributed by atoms with van der Waals surface area (Å²) in [4.78, 5) is 25.2. The second kappa shape index (κ2) is 18.0. The molecule has 43 heavy (non-hydrogen) atoms. The third kappa shape index (κ3) is 11.4. The van der Waals surface area contributed by atoms with Crippen LogP contribution in [-0.2, 0) is 16.0 Å². The first-order valence-corrected chi connectivity index (χ1v) is 16.2. The first kappa shape index (κ1) is 33.7. The van der Waals surface area contributed by atoms with Crippen LogP contribution in [0.2, 0.25) is 0 Å². The third-order valence-electron chi connectivity index (χ3n) is 7.79. The lowest BCUT2D eigenvalue weighted by Gasteiger charge is -2.16. The Morgan fingerprint density at radius 2 is 1.16 bits per heavy atom. The first-order valence-electron chi connectivity index (χ1n) is 16.2. The van der Waals surface area contributed by atoms with Crippen molar-refractivity contribution < 1.29 is 19.1 Å². The van der Waals surface area contributed by atoms with Gasteiger partial charge in [-0.05, 0) is 91.9 Å². The van der Waals surface area contributed by atoms with Crippen molar-refractivity contribution in [3.05, 3.63) is 72.3 Å². The maximum Gasteiger partial charge on any atom is 0.227 e. The summed E-state index contributed by atoms with van der Waals surface area (Å²) >= 11 is 0. The summed E-state index contributed by atoms with van der Waals surface area (Å²) in [7, 11) is 0. The van der Waals surface area contributed by atoms with E-state index in [4.69, 9.17) is 9.47 Å². The number of rotatable bonds is 18. The number of hydrogen-bond acceptors (Lipinski definition) is 4. The molecule has 6 nitrogen and oxygen atoms in total. The Balaban J connectivity index is 1.60. The van der Waals surface area contributed by atoms with Crippen LogP contribution in [-0.4, -0.2) is 11.8 Å². The molecule has 0 spiro atoms. The lowest BCUT2D eigenvalue weighted by Crippen LogP contribution is -2.22. The smallest absolute Gasteiger partial charge is 0.227 e. The quantitative estimate of drug-likeness (QED) is 0.145. The number of unbranched alkanes of at least 4 members (excludes halogenated alkanes) is 4. The van der Waals surface area contributed by atoms with Gasteiger partial charge >= 0.3 is 0 Å². The summed E-state index contributed by atoms with van der Waals surface area (Å²) < 4.78 is 12.3. The van der Waals surface area contributed by atoms with Crippen LogP contribution in [0.5, 0.6) is 23.0 Å². The molecule has 0 aliphatic rings. The van der Waals surface area contributed by atoms with E-state index in [1.54, 1.807) is 0 Å². The molecule has 0 heterocycles. The van der Waals surface area contributed by atoms with Crippen LogP contribution in [0.1, 0.15) is 98.0 Å². The number of hydrogen-bond donors (Lipinski definition) is 2. The number of carbonyl (C=O) groups is 2. The van der Waals surface area contributed by atoms with Crippen LogP contribution in [0.25, 0.3) is 0 Å². The zero-order valence-electron chi connectivity index (χ0n) is 26.7. The van der Waals surface area contributed by atoms with E-state index in [0.29, 0.717) is 23.0 Å². The Morgan fingerprint density at radius 3 is 1.65 bits per heavy atom. The average Bonchev–Trinajstić information content (AvgIpc) is 3.01. The van der Waals surface area contributed by atoms with Crippen molar-refractivity contribution in [2.45, 2.75) is 98.8 Å². The molecule has 0 aliphatic heterocycles. The normalized spacial score (nSPS) is 12.3. The highest BCUT2D eigenvalue weighted by molar-refractivity contribution is 5.93. The van der Waals surface area contributed by atoms with Crippen LogP contribution < -0.4 is 20.1 Å². The van der Waals surface area contributed by atoms with Crippen molar-refractivity contribution in [3.63, 3.8) is 0 Å². The lowest BCUT2D eigenvalue weighted by atomic mass is 9.95. The maximum atomic E-state index is 13.0. The van der Waals surface area contributed by atoms with E-state index in [9.17, 15) is 9.59 Å². The fourth-order valence-corrected chi connectivity index (χ4v) is 4.88. The van der Waals surface area contributed by atoms with Gasteiger partial charge in [-0.3, -0.25) is 9.59 Å². The highest BCUT2D eigenvalue weighted by atomic mass is 16.5. The van der Waals surface area contributed by atoms with Crippen molar-refractivity contribution in [2.75, 3.05) is 10.6 Å². The van der Waals surface area contributed by atoms with Crippen LogP contribution in [0.15, 0.2) is 66.7 Å². The molecule has 0 aliphatic carbocycles. The van der Waals surface area contributed by atoms with Crippen molar-refractivity contribution in [3.8, 4) is 23.0 Å². The number of aryl methyl sites for hydroxylation is 1. The molecule has 0 aromatic heterocycles. The van der Waals surface area contributed by atoms with E-state index in [1.165, 1.54) is 25.7 Å². The third-order valence-corrected chi connectivity index (χ3v) is 7.79. The molecule has 232 valence electrons. The average molecular weight is 587 g/mol. The molecule has 3 rings (SSSR count). The summed E-state index contributed by atoms with van der Waals surface area (Å²) in [5.74, 6) is 2.84. The van der Waals surface area contributed by atoms with Crippen molar-refractivity contribution in [2.24, 2.45) is 11.8 Å². The van der Waals surface area contributed by atoms with Crippen LogP contribution in [0.4, 0.5) is 11.4 Å². The molecule has 0 saturated carbocycles. The standard InChI is InChI=1S/C37H50N2O4/c1-6-10-11-12-13-15-29(14-7-2)37(41)39-31-18-22-33(23-19-31)43-35-25-28(9-4)24-34(26-35)42-32-20-16-30(17-21-32)38-36(40)27(5)8-3/h16-27,29H,6-15H2,1-5H3,(H,38,40)(H,39,41). The van der Waals surface area contributed by atoms with E-state index in [2.05, 4.69) is 31.4 Å². The number of carbonyl (C=O) groups excluding carboxylic acids is 2. The molecule has 2 amide bonds. The number of nitrogens with one attached hydrogen (secondary N) is 2. The van der Waals surface area contributed by atoms with Gasteiger partial charge in [-0.1, -0.05) is 73.1 Å². The monoisotopic (exact) mass is 586 g/mol. The predicted octanol–water partition coefficient (Wildman–Crippen LogP) is 10.5. The van der Waals surface area contributed by atoms with Crippen molar-refractivity contribution in [1.29, 1.82) is 0 Å². The van der Waals surface area contributed by atoms with Gasteiger partial charge in [-0.25, -0.2) is 0 Å². The van der Waals surface area contributed by atoms with Crippen LogP contribution in [0, 0.1) is 11.8 Å². The van der Waals surface area contributed by atoms with E-state index < -0.39 is 0 Å². The van der Waals surface area contributed by atoms with Gasteiger partial charge in [0.05, 0.1) is 0 Å². The SMILES string of the molecule is CCCCCCCC(CCC)C(=O)Nc1ccc(Oc2cc(CC)cc(Oc3ccc(NC(=O)C(C)CC)cc3)c2)cc1. The van der Waals surface area contributed by atoms with Gasteiger partial charge in [0.1, 0.15) is 23.0 Å². The second-order valence-electron chi connectivity index (χ2n) is 11.4. The molecule has 3 aromatic carbocycles. The molecule has 0 saturated heterocycles. The minimum absolute atomic E-state index is 0.0119. The molecule has 3 aromatic rings. The summed E-state index contributed by atoms with van der Waals surface area (Å²) in [6.45, 7) is 10.4. The second-order valence-corrected chi connectivity index (χ2v) is 11.4. The number of amides is 2. The molecular formula is C37H50N2O4. The molecule has 2 unspecified atom stereocenters. The highest BCUT2D eigenvalue weighted by Gasteiger charge is 2.17. The van der Waals surface area contributed by atoms with E-state index in [0.717, 1.165) is 55.5 Å². The van der Waals surface area contributed by atoms with Gasteiger partial charge in [-0.15, -0.1) is 0 Å². The Kier molecular flexibility index (Phi) is 14.1. The zero-order valence-corrected chi connectivity index (χ0v) is 26.7. The molecule has 2 N–H and O–H groups in total. The summed E-state index contributed by atoms with van der Waals surface area (Å²) in [5, 5.41) is 6.05. The van der Waals surface area contributed by atoms with E-state index in [-0.39, 0.29) is 23.7 Å². The number of ether oxygens (including phenoxy) is 2. The van der Waals surface area contributed by atoms with Gasteiger partial charge in [0.2, 0.25) is 11.8 Å². The van der Waals surface area contributed by atoms with Crippen LogP contribution in [0.3, 0.4) is 0 Å². The Morgan fingerprint density at radius 1 is 0.628 bits per heavy atom. The van der Waals surface area contributed by atoms with Gasteiger partial charge < -0.3 is 20.1 Å². The van der Waals surface area contributed by atoms with Crippen molar-refractivity contribution in [1.82, 2.24) is 0 Å². The Labute approximate surface area is 258 Å².